The van der Waals surface area contributed by atoms with Gasteiger partial charge in [-0.05, 0) is 101 Å². The maximum atomic E-state index is 15.1. The summed E-state index contributed by atoms with van der Waals surface area (Å²) in [6.45, 7) is 29.3. The average molecular weight is 1200 g/mol. The molecule has 1 aliphatic rings. The van der Waals surface area contributed by atoms with Crippen LogP contribution in [0.15, 0.2) is 12.2 Å². The Morgan fingerprint density at radius 1 is 0.459 bits per heavy atom. The lowest BCUT2D eigenvalue weighted by atomic mass is 9.91. The largest absolute Gasteiger partial charge is 0.390 e. The normalized spacial score (nSPS) is 26.9. The maximum absolute atomic E-state index is 15.1. The Bertz CT molecular complexity index is 2330. The molecule has 0 unspecified atom stereocenters. The van der Waals surface area contributed by atoms with E-state index in [0.717, 1.165) is 9.80 Å². The Labute approximate surface area is 508 Å². The molecular weight excluding hydrogens is 1090 g/mol. The molecule has 0 saturated carbocycles. The summed E-state index contributed by atoms with van der Waals surface area (Å²) >= 11 is 0. The molecule has 1 saturated heterocycles. The first kappa shape index (κ1) is 76.9. The molecule has 0 aromatic carbocycles. The van der Waals surface area contributed by atoms with Crippen LogP contribution >= 0.6 is 0 Å². The number of amides is 11. The van der Waals surface area contributed by atoms with Crippen molar-refractivity contribution in [2.75, 3.05) is 55.9 Å². The quantitative estimate of drug-likeness (QED) is 0.148. The number of carbonyl (C=O) groups is 11. The van der Waals surface area contributed by atoms with Crippen LogP contribution in [0, 0.1) is 41.4 Å². The second-order valence-electron chi connectivity index (χ2n) is 26.1. The Hall–Kier alpha value is -6.13. The molecular formula is C62H111N11O12. The van der Waals surface area contributed by atoms with E-state index in [1.165, 1.54) is 87.7 Å². The van der Waals surface area contributed by atoms with Gasteiger partial charge in [0, 0.05) is 49.3 Å². The summed E-state index contributed by atoms with van der Waals surface area (Å²) < 4.78 is 0. The van der Waals surface area contributed by atoms with Gasteiger partial charge < -0.3 is 60.7 Å². The minimum absolute atomic E-state index is 0.0229. The van der Waals surface area contributed by atoms with E-state index < -0.39 is 156 Å². The van der Waals surface area contributed by atoms with Crippen LogP contribution in [0.2, 0.25) is 0 Å². The number of rotatable bonds is 15. The third-order valence-corrected chi connectivity index (χ3v) is 16.1. The number of hydrogen-bond donors (Lipinski definition) is 5. The van der Waals surface area contributed by atoms with Crippen LogP contribution in [0.4, 0.5) is 0 Å². The topological polar surface area (TPSA) is 279 Å². The molecule has 23 heteroatoms. The van der Waals surface area contributed by atoms with Gasteiger partial charge in [0.05, 0.1) is 12.6 Å². The van der Waals surface area contributed by atoms with E-state index in [-0.39, 0.29) is 55.8 Å². The molecule has 1 rings (SSSR count). The summed E-state index contributed by atoms with van der Waals surface area (Å²) in [6, 6.07) is -12.3. The van der Waals surface area contributed by atoms with E-state index in [4.69, 9.17) is 0 Å². The van der Waals surface area contributed by atoms with Gasteiger partial charge in [-0.2, -0.15) is 0 Å². The summed E-state index contributed by atoms with van der Waals surface area (Å²) in [5.41, 5.74) is 0. The molecule has 85 heavy (non-hydrogen) atoms. The van der Waals surface area contributed by atoms with Crippen molar-refractivity contribution < 1.29 is 57.8 Å². The van der Waals surface area contributed by atoms with Crippen LogP contribution in [-0.2, 0) is 52.7 Å². The monoisotopic (exact) mass is 1200 g/mol. The number of aliphatic hydroxyl groups excluding tert-OH is 1. The molecule has 12 atom stereocenters. The first-order chi connectivity index (χ1) is 39.2. The van der Waals surface area contributed by atoms with E-state index in [2.05, 4.69) is 21.3 Å². The molecule has 486 valence electrons. The standard InChI is InChI=1S/C62H111N11O12/c1-25-27-28-40(15)52(75)51-56(79)65-43(26-2)58(81)67(18)33-48(74)68(19)44(29-34(3)4)55(78)66-49(38(11)12)61(84)69(20)45(30-35(5)6)54(77)63-41(16)53(76)64-42(17)57(80)70(21)46(31-36(7)8)59(82)71(22)47(32-37(9)10)60(83)72(23)50(39(13)14)62(85)73(51)24/h25,27,34-47,49-52,75H,26,28-33H2,1-24H3,(H,63,77)(H,64,76)(H,65,79)(H,66,78)/b27-25+/t40-,41+,42-,43+,44+,45-,46+,47+,49+,50+,51+,52-/m1/s1. The number of nitrogens with zero attached hydrogens (tertiary/aromatic N) is 7. The molecule has 0 spiro atoms. The zero-order chi connectivity index (χ0) is 66.0. The van der Waals surface area contributed by atoms with Crippen LogP contribution in [0.1, 0.15) is 156 Å². The summed E-state index contributed by atoms with van der Waals surface area (Å²) in [6.07, 6.45) is 3.04. The molecule has 23 nitrogen and oxygen atoms in total. The van der Waals surface area contributed by atoms with Gasteiger partial charge in [-0.25, -0.2) is 0 Å². The number of aliphatic hydroxyl groups is 1. The van der Waals surface area contributed by atoms with Gasteiger partial charge in [0.1, 0.15) is 60.4 Å². The predicted molar refractivity (Wildman–Crippen MR) is 328 cm³/mol. The highest BCUT2D eigenvalue weighted by molar-refractivity contribution is 5.99. The molecule has 0 aliphatic carbocycles. The van der Waals surface area contributed by atoms with Crippen molar-refractivity contribution in [2.24, 2.45) is 41.4 Å². The SMILES string of the molecule is C/C=C/C[C@@H](C)[C@@H](O)[C@H]1C(=O)N[C@@H](CC)C(=O)N(C)CC(=O)N(C)[C@@H](CC(C)C)C(=O)N[C@@H](C(C)C)C(=O)N(C)[C@H](CC(C)C)C(=O)N[C@@H](C)C(=O)N[C@H](C)C(=O)N(C)[C@@H](CC(C)C)C(=O)N(C)[C@@H](CC(C)C)C(=O)N(C)[C@@H](C(C)C)C(=O)N1C. The number of likely N-dealkylation sites (N-methyl/N-ethyl adjacent to an activating group) is 7. The van der Waals surface area contributed by atoms with E-state index in [9.17, 15) is 48.3 Å². The van der Waals surface area contributed by atoms with Crippen molar-refractivity contribution in [1.82, 2.24) is 55.6 Å². The second-order valence-corrected chi connectivity index (χ2v) is 26.1. The van der Waals surface area contributed by atoms with Crippen molar-refractivity contribution in [1.29, 1.82) is 0 Å². The van der Waals surface area contributed by atoms with Crippen LogP contribution in [-0.4, -0.2) is 227 Å². The van der Waals surface area contributed by atoms with Gasteiger partial charge in [-0.1, -0.05) is 109 Å². The van der Waals surface area contributed by atoms with Gasteiger partial charge >= 0.3 is 0 Å². The molecule has 0 radical (unpaired) electrons. The van der Waals surface area contributed by atoms with Crippen molar-refractivity contribution in [3.8, 4) is 0 Å². The summed E-state index contributed by atoms with van der Waals surface area (Å²) in [4.78, 5) is 169. The highest BCUT2D eigenvalue weighted by atomic mass is 16.3. The smallest absolute Gasteiger partial charge is 0.246 e. The Kier molecular flexibility index (Phi) is 31.5. The lowest BCUT2D eigenvalue weighted by molar-refractivity contribution is -0.157. The summed E-state index contributed by atoms with van der Waals surface area (Å²) in [7, 11) is 9.92. The van der Waals surface area contributed by atoms with E-state index in [1.807, 2.05) is 61.5 Å². The van der Waals surface area contributed by atoms with E-state index >= 15 is 9.59 Å². The van der Waals surface area contributed by atoms with Crippen LogP contribution in [0.3, 0.4) is 0 Å². The third kappa shape index (κ3) is 21.7. The molecule has 0 aromatic rings. The fourth-order valence-corrected chi connectivity index (χ4v) is 10.7. The molecule has 1 heterocycles. The second kappa shape index (κ2) is 34.9. The van der Waals surface area contributed by atoms with Crippen LogP contribution in [0.5, 0.6) is 0 Å². The fraction of sp³-hybridized carbons (Fsp3) is 0.790. The van der Waals surface area contributed by atoms with Gasteiger partial charge in [0.15, 0.2) is 0 Å². The van der Waals surface area contributed by atoms with Gasteiger partial charge in [0.2, 0.25) is 65.0 Å². The molecule has 0 aromatic heterocycles. The highest BCUT2D eigenvalue weighted by Crippen LogP contribution is 2.26. The van der Waals surface area contributed by atoms with E-state index in [0.29, 0.717) is 6.42 Å². The minimum atomic E-state index is -1.61. The Morgan fingerprint density at radius 2 is 0.871 bits per heavy atom. The summed E-state index contributed by atoms with van der Waals surface area (Å²) in [5.74, 6) is -9.71. The van der Waals surface area contributed by atoms with E-state index in [1.54, 1.807) is 54.5 Å². The average Bonchev–Trinajstić information content (AvgIpc) is 3.62. The number of nitrogens with one attached hydrogen (secondary N) is 4. The fourth-order valence-electron chi connectivity index (χ4n) is 10.7. The third-order valence-electron chi connectivity index (χ3n) is 16.1. The molecule has 11 amide bonds. The lowest BCUT2D eigenvalue weighted by Crippen LogP contribution is -2.63. The Balaban J connectivity index is 4.32. The van der Waals surface area contributed by atoms with Crippen LogP contribution in [0.25, 0.3) is 0 Å². The van der Waals surface area contributed by atoms with Crippen molar-refractivity contribution in [3.63, 3.8) is 0 Å². The van der Waals surface area contributed by atoms with Crippen molar-refractivity contribution in [3.05, 3.63) is 12.2 Å². The lowest BCUT2D eigenvalue weighted by Gasteiger charge is -2.41. The molecule has 5 N–H and O–H groups in total. The Morgan fingerprint density at radius 3 is 1.32 bits per heavy atom. The number of allylic oxidation sites excluding steroid dienone is 2. The van der Waals surface area contributed by atoms with Crippen LogP contribution < -0.4 is 21.3 Å². The first-order valence-corrected chi connectivity index (χ1v) is 30.6. The molecule has 1 fully saturated rings. The minimum Gasteiger partial charge on any atom is -0.390 e. The summed E-state index contributed by atoms with van der Waals surface area (Å²) in [5, 5.41) is 23.1. The van der Waals surface area contributed by atoms with Gasteiger partial charge in [-0.3, -0.25) is 52.7 Å². The zero-order valence-electron chi connectivity index (χ0n) is 56.1. The number of hydrogen-bond acceptors (Lipinski definition) is 12. The predicted octanol–water partition coefficient (Wildman–Crippen LogP) is 3.27. The highest BCUT2D eigenvalue weighted by Gasteiger charge is 2.45. The number of carbonyl (C=O) groups excluding carboxylic acids is 11. The van der Waals surface area contributed by atoms with Gasteiger partial charge in [0.25, 0.3) is 0 Å². The van der Waals surface area contributed by atoms with Crippen molar-refractivity contribution in [2.45, 2.75) is 223 Å². The van der Waals surface area contributed by atoms with Crippen molar-refractivity contribution >= 4 is 65.0 Å². The maximum Gasteiger partial charge on any atom is 0.246 e. The first-order valence-electron chi connectivity index (χ1n) is 30.6. The van der Waals surface area contributed by atoms with Gasteiger partial charge in [-0.15, -0.1) is 0 Å². The molecule has 0 bridgehead atoms. The zero-order valence-corrected chi connectivity index (χ0v) is 56.1. The molecule has 1 aliphatic heterocycles.